The van der Waals surface area contributed by atoms with Gasteiger partial charge in [0.1, 0.15) is 5.70 Å². The van der Waals surface area contributed by atoms with Gasteiger partial charge in [0, 0.05) is 5.57 Å². The highest BCUT2D eigenvalue weighted by Gasteiger charge is 2.11. The van der Waals surface area contributed by atoms with Crippen molar-refractivity contribution in [3.8, 4) is 0 Å². The maximum absolute atomic E-state index is 12.1. The van der Waals surface area contributed by atoms with Crippen molar-refractivity contribution in [1.82, 2.24) is 5.32 Å². The third kappa shape index (κ3) is 8.64. The van der Waals surface area contributed by atoms with Gasteiger partial charge in [0.05, 0.1) is 5.70 Å². The molecule has 0 aromatic carbocycles. The van der Waals surface area contributed by atoms with Crippen molar-refractivity contribution >= 4 is 5.91 Å². The van der Waals surface area contributed by atoms with Crippen LogP contribution in [0.5, 0.6) is 0 Å². The van der Waals surface area contributed by atoms with Gasteiger partial charge in [-0.1, -0.05) is 63.0 Å². The lowest BCUT2D eigenvalue weighted by Crippen LogP contribution is -2.24. The number of allylic oxidation sites excluding steroid dienone is 7. The molecule has 1 N–H and O–H groups in total. The molecule has 4 nitrogen and oxygen atoms in total. The first-order valence-corrected chi connectivity index (χ1v) is 7.24. The van der Waals surface area contributed by atoms with Crippen molar-refractivity contribution in [2.75, 3.05) is 0 Å². The van der Waals surface area contributed by atoms with Crippen LogP contribution >= 0.6 is 0 Å². The second-order valence-electron chi connectivity index (χ2n) is 3.68. The van der Waals surface area contributed by atoms with Crippen LogP contribution in [0.1, 0.15) is 34.6 Å². The van der Waals surface area contributed by atoms with E-state index in [1.807, 2.05) is 27.7 Å². The Morgan fingerprint density at radius 3 is 2.14 bits per heavy atom. The Morgan fingerprint density at radius 1 is 1.09 bits per heavy atom. The van der Waals surface area contributed by atoms with Crippen molar-refractivity contribution in [1.29, 1.82) is 0 Å². The molecule has 0 rings (SSSR count). The monoisotopic (exact) mass is 302 g/mol. The third-order valence-corrected chi connectivity index (χ3v) is 2.26. The van der Waals surface area contributed by atoms with E-state index >= 15 is 0 Å². The van der Waals surface area contributed by atoms with Crippen LogP contribution in [-0.4, -0.2) is 5.91 Å². The number of carbonyl (C=O) groups is 1. The second-order valence-corrected chi connectivity index (χ2v) is 3.68. The van der Waals surface area contributed by atoms with E-state index in [4.69, 9.17) is 0 Å². The number of nitroso groups, excluding NO2 is 1. The van der Waals surface area contributed by atoms with Gasteiger partial charge in [0.25, 0.3) is 5.91 Å². The summed E-state index contributed by atoms with van der Waals surface area (Å²) in [6.07, 6.45) is 13.2. The fourth-order valence-corrected chi connectivity index (χ4v) is 1.35. The average molecular weight is 302 g/mol. The standard InChI is InChI=1S/C16H20N2O2.C2H6/c1-5-9-12-15(14(8-4)18-20)17-16(19)13(10-6-2)11-7-3;1-2/h5-12H,2H2,1,3-4H3,(H,17,19);1-2H3/b9-5-,11-7-,13-10+,14-8+,15-12+;. The van der Waals surface area contributed by atoms with E-state index in [9.17, 15) is 9.70 Å². The summed E-state index contributed by atoms with van der Waals surface area (Å²) < 4.78 is 0. The van der Waals surface area contributed by atoms with Crippen molar-refractivity contribution in [3.63, 3.8) is 0 Å². The zero-order valence-electron chi connectivity index (χ0n) is 14.1. The molecule has 0 bridgehead atoms. The number of nitrogens with one attached hydrogen (secondary N) is 1. The van der Waals surface area contributed by atoms with Crippen LogP contribution in [0, 0.1) is 4.91 Å². The van der Waals surface area contributed by atoms with Gasteiger partial charge in [0.15, 0.2) is 0 Å². The summed E-state index contributed by atoms with van der Waals surface area (Å²) in [7, 11) is 0. The summed E-state index contributed by atoms with van der Waals surface area (Å²) in [4.78, 5) is 22.9. The molecule has 0 aliphatic heterocycles. The summed E-state index contributed by atoms with van der Waals surface area (Å²) in [5.74, 6) is -0.332. The minimum absolute atomic E-state index is 0.176. The second kappa shape index (κ2) is 14.9. The highest BCUT2D eigenvalue weighted by Crippen LogP contribution is 2.10. The minimum Gasteiger partial charge on any atom is -0.320 e. The molecule has 0 aliphatic rings. The summed E-state index contributed by atoms with van der Waals surface area (Å²) in [5.41, 5.74) is 0.968. The van der Waals surface area contributed by atoms with Gasteiger partial charge in [-0.15, -0.1) is 4.91 Å². The maximum atomic E-state index is 12.1. The van der Waals surface area contributed by atoms with Crippen molar-refractivity contribution in [2.45, 2.75) is 34.6 Å². The minimum atomic E-state index is -0.332. The Morgan fingerprint density at radius 2 is 1.73 bits per heavy atom. The van der Waals surface area contributed by atoms with Crippen LogP contribution in [0.4, 0.5) is 0 Å². The van der Waals surface area contributed by atoms with Gasteiger partial charge in [-0.25, -0.2) is 0 Å². The topological polar surface area (TPSA) is 58.5 Å². The van der Waals surface area contributed by atoms with E-state index in [1.165, 1.54) is 12.2 Å². The Kier molecular flexibility index (Phi) is 14.8. The molecule has 0 aromatic heterocycles. The summed E-state index contributed by atoms with van der Waals surface area (Å²) in [5, 5.41) is 5.57. The van der Waals surface area contributed by atoms with Gasteiger partial charge in [0.2, 0.25) is 0 Å². The van der Waals surface area contributed by atoms with E-state index < -0.39 is 0 Å². The SMILES string of the molecule is C=C/C=C(\C=C/C)C(=O)NC(=C/C=C\C)/C(=C\C)N=O.CC. The lowest BCUT2D eigenvalue weighted by Gasteiger charge is -2.08. The smallest absolute Gasteiger partial charge is 0.255 e. The predicted molar refractivity (Wildman–Crippen MR) is 95.0 cm³/mol. The molecule has 0 saturated carbocycles. The number of nitrogens with zero attached hydrogens (tertiary/aromatic N) is 1. The Balaban J connectivity index is 0. The molecule has 0 fully saturated rings. The Bertz CT molecular complexity index is 507. The highest BCUT2D eigenvalue weighted by molar-refractivity contribution is 5.97. The Hall–Kier alpha value is -2.49. The summed E-state index contributed by atoms with van der Waals surface area (Å²) >= 11 is 0. The van der Waals surface area contributed by atoms with Gasteiger partial charge in [-0.3, -0.25) is 4.79 Å². The van der Waals surface area contributed by atoms with Crippen LogP contribution in [0.15, 0.2) is 77.3 Å². The third-order valence-electron chi connectivity index (χ3n) is 2.26. The van der Waals surface area contributed by atoms with E-state index in [0.29, 0.717) is 11.3 Å². The van der Waals surface area contributed by atoms with Crippen molar-refractivity contribution < 1.29 is 4.79 Å². The molecule has 0 heterocycles. The summed E-state index contributed by atoms with van der Waals surface area (Å²) in [6.45, 7) is 12.9. The maximum Gasteiger partial charge on any atom is 0.255 e. The fraction of sp³-hybridized carbons (Fsp3) is 0.278. The summed E-state index contributed by atoms with van der Waals surface area (Å²) in [6, 6.07) is 0. The zero-order chi connectivity index (χ0) is 17.4. The molecule has 0 spiro atoms. The van der Waals surface area contributed by atoms with Crippen molar-refractivity contribution in [2.24, 2.45) is 5.18 Å². The van der Waals surface area contributed by atoms with E-state index in [1.54, 1.807) is 43.4 Å². The molecule has 120 valence electrons. The number of hydrogen-bond acceptors (Lipinski definition) is 3. The molecule has 4 heteroatoms. The molecule has 0 unspecified atom stereocenters. The van der Waals surface area contributed by atoms with Gasteiger partial charge in [-0.05, 0) is 32.0 Å². The Labute approximate surface area is 133 Å². The molecule has 1 amide bonds. The molecule has 0 aromatic rings. The van der Waals surface area contributed by atoms with Crippen LogP contribution in [0.2, 0.25) is 0 Å². The fourth-order valence-electron chi connectivity index (χ4n) is 1.35. The molecular weight excluding hydrogens is 276 g/mol. The molecule has 22 heavy (non-hydrogen) atoms. The largest absolute Gasteiger partial charge is 0.320 e. The first-order chi connectivity index (χ1) is 10.6. The molecule has 0 saturated heterocycles. The van der Waals surface area contributed by atoms with Gasteiger partial charge < -0.3 is 5.32 Å². The number of rotatable bonds is 7. The normalized spacial score (nSPS) is 12.9. The molecular formula is C18H26N2O2. The number of carbonyl (C=O) groups excluding carboxylic acids is 1. The molecule has 0 aliphatic carbocycles. The predicted octanol–water partition coefficient (Wildman–Crippen LogP) is 4.95. The van der Waals surface area contributed by atoms with E-state index in [0.717, 1.165) is 0 Å². The van der Waals surface area contributed by atoms with Crippen LogP contribution < -0.4 is 5.32 Å². The highest BCUT2D eigenvalue weighted by atomic mass is 16.3. The van der Waals surface area contributed by atoms with Crippen LogP contribution in [0.25, 0.3) is 0 Å². The lowest BCUT2D eigenvalue weighted by molar-refractivity contribution is -0.116. The van der Waals surface area contributed by atoms with Crippen LogP contribution in [0.3, 0.4) is 0 Å². The lowest BCUT2D eigenvalue weighted by atomic mass is 10.2. The van der Waals surface area contributed by atoms with Crippen LogP contribution in [-0.2, 0) is 4.79 Å². The van der Waals surface area contributed by atoms with E-state index in [-0.39, 0.29) is 11.6 Å². The molecule has 0 atom stereocenters. The van der Waals surface area contributed by atoms with E-state index in [2.05, 4.69) is 17.1 Å². The van der Waals surface area contributed by atoms with Gasteiger partial charge >= 0.3 is 0 Å². The molecule has 0 radical (unpaired) electrons. The number of hydrogen-bond donors (Lipinski definition) is 1. The number of amides is 1. The van der Waals surface area contributed by atoms with Crippen molar-refractivity contribution in [3.05, 3.63) is 77.1 Å². The average Bonchev–Trinajstić information content (AvgIpc) is 2.55. The first-order valence-electron chi connectivity index (χ1n) is 7.24. The quantitative estimate of drug-likeness (QED) is 0.411. The van der Waals surface area contributed by atoms with Gasteiger partial charge in [-0.2, -0.15) is 0 Å². The zero-order valence-corrected chi connectivity index (χ0v) is 14.1. The first kappa shape index (κ1) is 21.8.